The number of aromatic nitrogens is 3. The number of nitrogens with zero attached hydrogens (tertiary/aromatic N) is 4. The van der Waals surface area contributed by atoms with Crippen molar-refractivity contribution in [2.75, 3.05) is 24.7 Å². The lowest BCUT2D eigenvalue weighted by Gasteiger charge is -2.13. The predicted molar refractivity (Wildman–Crippen MR) is 90.6 cm³/mol. The highest BCUT2D eigenvalue weighted by Gasteiger charge is 2.13. The predicted octanol–water partition coefficient (Wildman–Crippen LogP) is 2.61. The third-order valence-corrected chi connectivity index (χ3v) is 3.82. The van der Waals surface area contributed by atoms with E-state index in [2.05, 4.69) is 15.0 Å². The second-order valence-corrected chi connectivity index (χ2v) is 6.31. The summed E-state index contributed by atoms with van der Waals surface area (Å²) in [7, 11) is 3.55. The van der Waals surface area contributed by atoms with Crippen molar-refractivity contribution in [3.05, 3.63) is 28.2 Å². The van der Waals surface area contributed by atoms with Crippen LogP contribution in [0.2, 0.25) is 10.0 Å². The maximum atomic E-state index is 10.9. The second kappa shape index (κ2) is 7.67. The van der Waals surface area contributed by atoms with Crippen molar-refractivity contribution in [2.45, 2.75) is 5.16 Å². The van der Waals surface area contributed by atoms with E-state index in [-0.39, 0.29) is 11.8 Å². The zero-order valence-corrected chi connectivity index (χ0v) is 14.6. The molecule has 0 saturated carbocycles. The smallest absolute Gasteiger partial charge is 0.327 e. The molecule has 0 bridgehead atoms. The molecule has 0 radical (unpaired) electrons. The molecule has 10 heteroatoms. The third kappa shape index (κ3) is 5.12. The molecule has 1 heterocycles. The van der Waals surface area contributed by atoms with Gasteiger partial charge in [0.2, 0.25) is 11.9 Å². The Morgan fingerprint density at radius 1 is 1.30 bits per heavy atom. The molecule has 0 aliphatic carbocycles. The first-order valence-electron chi connectivity index (χ1n) is 6.32. The Bertz CT molecular complexity index is 730. The minimum atomic E-state index is -0.468. The van der Waals surface area contributed by atoms with Gasteiger partial charge in [-0.15, -0.1) is 0 Å². The van der Waals surface area contributed by atoms with Gasteiger partial charge < -0.3 is 15.4 Å². The molecule has 7 nitrogen and oxygen atoms in total. The minimum absolute atomic E-state index is 0.0536. The summed E-state index contributed by atoms with van der Waals surface area (Å²) < 4.78 is 5.59. The van der Waals surface area contributed by atoms with Gasteiger partial charge in [-0.05, 0) is 18.2 Å². The molecular formula is C13H13Cl2N5O2S. The Kier molecular flexibility index (Phi) is 5.86. The van der Waals surface area contributed by atoms with Crippen molar-refractivity contribution in [3.63, 3.8) is 0 Å². The van der Waals surface area contributed by atoms with Gasteiger partial charge in [0.25, 0.3) is 0 Å². The number of thioether (sulfide) groups is 1. The molecule has 0 atom stereocenters. The summed E-state index contributed by atoms with van der Waals surface area (Å²) in [5.74, 6) is 0.327. The number of benzene rings is 1. The first kappa shape index (κ1) is 17.6. The first-order valence-corrected chi connectivity index (χ1v) is 8.06. The Morgan fingerprint density at radius 2 is 2.04 bits per heavy atom. The molecule has 0 aliphatic rings. The van der Waals surface area contributed by atoms with E-state index >= 15 is 0 Å². The van der Waals surface area contributed by atoms with E-state index in [1.807, 2.05) is 0 Å². The molecule has 0 unspecified atom stereocenters. The largest absolute Gasteiger partial charge is 0.423 e. The second-order valence-electron chi connectivity index (χ2n) is 4.53. The van der Waals surface area contributed by atoms with E-state index in [4.69, 9.17) is 33.7 Å². The molecule has 0 saturated heterocycles. The Labute approximate surface area is 147 Å². The van der Waals surface area contributed by atoms with Crippen molar-refractivity contribution < 1.29 is 9.53 Å². The fraction of sp³-hybridized carbons (Fsp3) is 0.231. The summed E-state index contributed by atoms with van der Waals surface area (Å²) >= 11 is 13.0. The van der Waals surface area contributed by atoms with Crippen molar-refractivity contribution in [2.24, 2.45) is 5.73 Å². The fourth-order valence-electron chi connectivity index (χ4n) is 1.43. The average molecular weight is 374 g/mol. The SMILES string of the molecule is CN(C)c1nc(Oc2ccc(Cl)cc2Cl)nc(SCC(N)=O)n1. The molecule has 0 fully saturated rings. The quantitative estimate of drug-likeness (QED) is 0.777. The maximum Gasteiger partial charge on any atom is 0.327 e. The number of primary amides is 1. The van der Waals surface area contributed by atoms with E-state index in [9.17, 15) is 4.79 Å². The summed E-state index contributed by atoms with van der Waals surface area (Å²) in [6.45, 7) is 0. The van der Waals surface area contributed by atoms with Gasteiger partial charge in [0.05, 0.1) is 10.8 Å². The van der Waals surface area contributed by atoms with E-state index in [0.717, 1.165) is 11.8 Å². The maximum absolute atomic E-state index is 10.9. The summed E-state index contributed by atoms with van der Waals surface area (Å²) in [6.07, 6.45) is 0. The van der Waals surface area contributed by atoms with Gasteiger partial charge in [0.15, 0.2) is 5.16 Å². The molecule has 0 aliphatic heterocycles. The van der Waals surface area contributed by atoms with Crippen LogP contribution in [0.25, 0.3) is 0 Å². The lowest BCUT2D eigenvalue weighted by atomic mass is 10.3. The lowest BCUT2D eigenvalue weighted by Crippen LogP contribution is -2.16. The molecular weight excluding hydrogens is 361 g/mol. The first-order chi connectivity index (χ1) is 10.8. The van der Waals surface area contributed by atoms with Gasteiger partial charge in [-0.2, -0.15) is 15.0 Å². The van der Waals surface area contributed by atoms with Crippen LogP contribution < -0.4 is 15.4 Å². The Hall–Kier alpha value is -1.77. The standard InChI is InChI=1S/C13H13Cl2N5O2S/c1-20(2)11-17-12(19-13(18-11)23-6-10(16)21)22-9-4-3-7(14)5-8(9)15/h3-5H,6H2,1-2H3,(H2,16,21). The van der Waals surface area contributed by atoms with E-state index in [0.29, 0.717) is 26.9 Å². The number of rotatable bonds is 6. The zero-order chi connectivity index (χ0) is 17.0. The normalized spacial score (nSPS) is 10.4. The lowest BCUT2D eigenvalue weighted by molar-refractivity contribution is -0.115. The van der Waals surface area contributed by atoms with E-state index < -0.39 is 5.91 Å². The molecule has 2 aromatic rings. The zero-order valence-electron chi connectivity index (χ0n) is 12.3. The van der Waals surface area contributed by atoms with Crippen LogP contribution in [0.5, 0.6) is 11.8 Å². The highest BCUT2D eigenvalue weighted by Crippen LogP contribution is 2.31. The molecule has 23 heavy (non-hydrogen) atoms. The highest BCUT2D eigenvalue weighted by atomic mass is 35.5. The van der Waals surface area contributed by atoms with Crippen LogP contribution in [0.1, 0.15) is 0 Å². The van der Waals surface area contributed by atoms with Gasteiger partial charge in [0, 0.05) is 19.1 Å². The number of carbonyl (C=O) groups is 1. The summed E-state index contributed by atoms with van der Waals surface area (Å²) in [4.78, 5) is 25.1. The number of nitrogens with two attached hydrogens (primary N) is 1. The number of halogens is 2. The van der Waals surface area contributed by atoms with Crippen LogP contribution in [-0.4, -0.2) is 40.7 Å². The van der Waals surface area contributed by atoms with Crippen LogP contribution in [0.15, 0.2) is 23.4 Å². The number of hydrogen-bond acceptors (Lipinski definition) is 7. The monoisotopic (exact) mass is 373 g/mol. The van der Waals surface area contributed by atoms with Crippen LogP contribution in [0.3, 0.4) is 0 Å². The Morgan fingerprint density at radius 3 is 2.65 bits per heavy atom. The van der Waals surface area contributed by atoms with Crippen LogP contribution in [0.4, 0.5) is 5.95 Å². The topological polar surface area (TPSA) is 94.2 Å². The van der Waals surface area contributed by atoms with Gasteiger partial charge in [-0.1, -0.05) is 35.0 Å². The molecule has 1 aromatic carbocycles. The third-order valence-electron chi connectivity index (χ3n) is 2.42. The van der Waals surface area contributed by atoms with Gasteiger partial charge in [-0.25, -0.2) is 0 Å². The van der Waals surface area contributed by atoms with Crippen molar-refractivity contribution in [1.82, 2.24) is 15.0 Å². The van der Waals surface area contributed by atoms with Crippen molar-refractivity contribution >= 4 is 46.8 Å². The van der Waals surface area contributed by atoms with Crippen molar-refractivity contribution in [3.8, 4) is 11.8 Å². The minimum Gasteiger partial charge on any atom is -0.423 e. The molecule has 0 spiro atoms. The van der Waals surface area contributed by atoms with Crippen molar-refractivity contribution in [1.29, 1.82) is 0 Å². The molecule has 2 rings (SSSR count). The summed E-state index contributed by atoms with van der Waals surface area (Å²) in [5, 5.41) is 1.14. The summed E-state index contributed by atoms with van der Waals surface area (Å²) in [5.41, 5.74) is 5.13. The molecule has 122 valence electrons. The molecule has 1 amide bonds. The van der Waals surface area contributed by atoms with E-state index in [1.165, 1.54) is 0 Å². The van der Waals surface area contributed by atoms with Gasteiger partial charge >= 0.3 is 6.01 Å². The van der Waals surface area contributed by atoms with Gasteiger partial charge in [-0.3, -0.25) is 4.79 Å². The number of carbonyl (C=O) groups excluding carboxylic acids is 1. The average Bonchev–Trinajstić information content (AvgIpc) is 2.48. The number of hydrogen-bond donors (Lipinski definition) is 1. The van der Waals surface area contributed by atoms with Crippen LogP contribution in [-0.2, 0) is 4.79 Å². The van der Waals surface area contributed by atoms with E-state index in [1.54, 1.807) is 37.2 Å². The molecule has 1 aromatic heterocycles. The summed E-state index contributed by atoms with van der Waals surface area (Å²) in [6, 6.07) is 4.86. The van der Waals surface area contributed by atoms with Crippen LogP contribution in [0, 0.1) is 0 Å². The highest BCUT2D eigenvalue weighted by molar-refractivity contribution is 7.99. The number of anilines is 1. The fourth-order valence-corrected chi connectivity index (χ4v) is 2.44. The molecule has 2 N–H and O–H groups in total. The van der Waals surface area contributed by atoms with Gasteiger partial charge in [0.1, 0.15) is 5.75 Å². The number of ether oxygens (including phenoxy) is 1. The van der Waals surface area contributed by atoms with Crippen LogP contribution >= 0.6 is 35.0 Å². The Balaban J connectivity index is 2.30. The number of amides is 1.